The Labute approximate surface area is 117 Å². The first-order valence-electron chi connectivity index (χ1n) is 5.36. The third kappa shape index (κ3) is 3.00. The third-order valence-electron chi connectivity index (χ3n) is 2.40. The molecule has 0 heterocycles. The minimum Gasteiger partial charge on any atom is -0.503 e. The number of carbonyl (C=O) groups is 2. The summed E-state index contributed by atoms with van der Waals surface area (Å²) in [5, 5.41) is 9.77. The summed E-state index contributed by atoms with van der Waals surface area (Å²) in [6.45, 7) is 0. The summed E-state index contributed by atoms with van der Waals surface area (Å²) < 4.78 is 5.36. The molecule has 0 aliphatic rings. The van der Waals surface area contributed by atoms with Crippen molar-refractivity contribution < 1.29 is 19.4 Å². The predicted molar refractivity (Wildman–Crippen MR) is 72.6 cm³/mol. The average molecular weight is 321 g/mol. The minimum atomic E-state index is -0.606. The molecule has 4 nitrogen and oxygen atoms in total. The van der Waals surface area contributed by atoms with Crippen LogP contribution >= 0.6 is 15.9 Å². The fraction of sp³-hybridized carbons (Fsp3) is 0. The van der Waals surface area contributed by atoms with Crippen LogP contribution in [0.2, 0.25) is 0 Å². The molecule has 5 heteroatoms. The monoisotopic (exact) mass is 320 g/mol. The van der Waals surface area contributed by atoms with Crippen molar-refractivity contribution in [3.63, 3.8) is 0 Å². The zero-order chi connectivity index (χ0) is 13.8. The van der Waals surface area contributed by atoms with Gasteiger partial charge in [-0.2, -0.15) is 0 Å². The van der Waals surface area contributed by atoms with Gasteiger partial charge in [-0.25, -0.2) is 4.79 Å². The number of halogens is 1. The Morgan fingerprint density at radius 3 is 2.53 bits per heavy atom. The highest BCUT2D eigenvalue weighted by Crippen LogP contribution is 2.35. The molecule has 0 saturated carbocycles. The van der Waals surface area contributed by atoms with Gasteiger partial charge in [0.1, 0.15) is 6.29 Å². The number of esters is 1. The lowest BCUT2D eigenvalue weighted by Gasteiger charge is -2.08. The summed E-state index contributed by atoms with van der Waals surface area (Å²) in [6, 6.07) is 11.1. The van der Waals surface area contributed by atoms with E-state index in [1.807, 2.05) is 0 Å². The molecule has 0 saturated heterocycles. The molecule has 2 rings (SSSR count). The molecule has 0 bridgehead atoms. The summed E-state index contributed by atoms with van der Waals surface area (Å²) >= 11 is 3.08. The summed E-state index contributed by atoms with van der Waals surface area (Å²) in [6.07, 6.45) is 0.601. The van der Waals surface area contributed by atoms with Gasteiger partial charge in [-0.15, -0.1) is 0 Å². The van der Waals surface area contributed by atoms with Crippen molar-refractivity contribution in [1.29, 1.82) is 0 Å². The largest absolute Gasteiger partial charge is 0.503 e. The summed E-state index contributed by atoms with van der Waals surface area (Å²) in [5.74, 6) is -0.897. The van der Waals surface area contributed by atoms with Gasteiger partial charge in [0.2, 0.25) is 0 Å². The smallest absolute Gasteiger partial charge is 0.343 e. The Kier molecular flexibility index (Phi) is 3.97. The lowest BCUT2D eigenvalue weighted by atomic mass is 10.2. The molecule has 0 radical (unpaired) electrons. The molecule has 0 aromatic heterocycles. The normalized spacial score (nSPS) is 9.95. The molecule has 0 atom stereocenters. The second-order valence-corrected chi connectivity index (χ2v) is 4.58. The zero-order valence-corrected chi connectivity index (χ0v) is 11.3. The van der Waals surface area contributed by atoms with Crippen LogP contribution in [0.25, 0.3) is 0 Å². The molecule has 0 unspecified atom stereocenters. The molecule has 0 fully saturated rings. The van der Waals surface area contributed by atoms with Crippen molar-refractivity contribution in [2.24, 2.45) is 0 Å². The first-order chi connectivity index (χ1) is 9.11. The van der Waals surface area contributed by atoms with Gasteiger partial charge in [0.25, 0.3) is 0 Å². The molecule has 0 aliphatic heterocycles. The van der Waals surface area contributed by atoms with E-state index in [-0.39, 0.29) is 16.0 Å². The van der Waals surface area contributed by atoms with Gasteiger partial charge in [0.15, 0.2) is 11.5 Å². The molecule has 0 aliphatic carbocycles. The Hall–Kier alpha value is -2.14. The highest BCUT2D eigenvalue weighted by molar-refractivity contribution is 9.10. The molecule has 0 spiro atoms. The Morgan fingerprint density at radius 1 is 1.21 bits per heavy atom. The molecule has 96 valence electrons. The van der Waals surface area contributed by atoms with Crippen LogP contribution in [0.15, 0.2) is 46.9 Å². The van der Waals surface area contributed by atoms with E-state index >= 15 is 0 Å². The van der Waals surface area contributed by atoms with Crippen molar-refractivity contribution >= 4 is 28.2 Å². The van der Waals surface area contributed by atoms with Crippen LogP contribution in [0, 0.1) is 0 Å². The van der Waals surface area contributed by atoms with Crippen LogP contribution in [0.5, 0.6) is 11.5 Å². The Morgan fingerprint density at radius 2 is 1.89 bits per heavy atom. The van der Waals surface area contributed by atoms with Gasteiger partial charge in [0, 0.05) is 5.56 Å². The van der Waals surface area contributed by atoms with Gasteiger partial charge >= 0.3 is 5.97 Å². The highest BCUT2D eigenvalue weighted by atomic mass is 79.9. The number of aldehydes is 1. The Balaban J connectivity index is 2.31. The molecule has 2 aromatic carbocycles. The number of phenols is 1. The predicted octanol–water partition coefficient (Wildman–Crippen LogP) is 3.19. The zero-order valence-electron chi connectivity index (χ0n) is 9.67. The quantitative estimate of drug-likeness (QED) is 0.536. The van der Waals surface area contributed by atoms with E-state index in [1.165, 1.54) is 12.1 Å². The van der Waals surface area contributed by atoms with Crippen molar-refractivity contribution in [2.45, 2.75) is 0 Å². The standard InChI is InChI=1S/C14H9BrO4/c15-11-6-9(8-16)7-12(13(11)17)19-14(18)10-4-2-1-3-5-10/h1-8,17H. The van der Waals surface area contributed by atoms with Crippen LogP contribution in [-0.2, 0) is 0 Å². The van der Waals surface area contributed by atoms with Crippen LogP contribution in [0.3, 0.4) is 0 Å². The van der Waals surface area contributed by atoms with Crippen LogP contribution < -0.4 is 4.74 Å². The van der Waals surface area contributed by atoms with Crippen molar-refractivity contribution in [1.82, 2.24) is 0 Å². The highest BCUT2D eigenvalue weighted by Gasteiger charge is 2.14. The molecule has 19 heavy (non-hydrogen) atoms. The fourth-order valence-electron chi connectivity index (χ4n) is 1.47. The van der Waals surface area contributed by atoms with E-state index in [0.29, 0.717) is 17.4 Å². The van der Waals surface area contributed by atoms with Crippen LogP contribution in [-0.4, -0.2) is 17.4 Å². The fourth-order valence-corrected chi connectivity index (χ4v) is 1.93. The van der Waals surface area contributed by atoms with Gasteiger partial charge in [-0.3, -0.25) is 4.79 Å². The number of hydrogen-bond acceptors (Lipinski definition) is 4. The maximum atomic E-state index is 11.8. The number of benzene rings is 2. The van der Waals surface area contributed by atoms with Crippen LogP contribution in [0.1, 0.15) is 20.7 Å². The topological polar surface area (TPSA) is 63.6 Å². The number of carbonyl (C=O) groups excluding carboxylic acids is 2. The minimum absolute atomic E-state index is 0.0645. The van der Waals surface area contributed by atoms with E-state index in [2.05, 4.69) is 15.9 Å². The lowest BCUT2D eigenvalue weighted by Crippen LogP contribution is -2.08. The maximum Gasteiger partial charge on any atom is 0.343 e. The third-order valence-corrected chi connectivity index (χ3v) is 3.00. The lowest BCUT2D eigenvalue weighted by molar-refractivity contribution is 0.0729. The molecule has 1 N–H and O–H groups in total. The molecule has 2 aromatic rings. The molecular formula is C14H9BrO4. The summed E-state index contributed by atoms with van der Waals surface area (Å²) in [7, 11) is 0. The first-order valence-corrected chi connectivity index (χ1v) is 6.16. The van der Waals surface area contributed by atoms with Crippen molar-refractivity contribution in [3.05, 3.63) is 58.1 Å². The number of phenolic OH excluding ortho intramolecular Hbond substituents is 1. The van der Waals surface area contributed by atoms with Gasteiger partial charge < -0.3 is 9.84 Å². The van der Waals surface area contributed by atoms with E-state index in [0.717, 1.165) is 0 Å². The first kappa shape index (κ1) is 13.3. The van der Waals surface area contributed by atoms with E-state index in [4.69, 9.17) is 4.74 Å². The SMILES string of the molecule is O=Cc1cc(Br)c(O)c(OC(=O)c2ccccc2)c1. The van der Waals surface area contributed by atoms with Crippen molar-refractivity contribution in [2.75, 3.05) is 0 Å². The summed E-state index contributed by atoms with van der Waals surface area (Å²) in [5.41, 5.74) is 0.648. The Bertz CT molecular complexity index is 623. The van der Waals surface area contributed by atoms with E-state index in [9.17, 15) is 14.7 Å². The van der Waals surface area contributed by atoms with Gasteiger partial charge in [-0.1, -0.05) is 18.2 Å². The number of ether oxygens (including phenoxy) is 1. The van der Waals surface area contributed by atoms with Gasteiger partial charge in [-0.05, 0) is 40.2 Å². The second-order valence-electron chi connectivity index (χ2n) is 3.72. The van der Waals surface area contributed by atoms with E-state index in [1.54, 1.807) is 30.3 Å². The van der Waals surface area contributed by atoms with Crippen LogP contribution in [0.4, 0.5) is 0 Å². The van der Waals surface area contributed by atoms with Crippen molar-refractivity contribution in [3.8, 4) is 11.5 Å². The number of hydrogen-bond donors (Lipinski definition) is 1. The second kappa shape index (κ2) is 5.67. The summed E-state index contributed by atoms with van der Waals surface area (Å²) in [4.78, 5) is 22.6. The number of rotatable bonds is 3. The average Bonchev–Trinajstić information content (AvgIpc) is 2.44. The van der Waals surface area contributed by atoms with Gasteiger partial charge in [0.05, 0.1) is 10.0 Å². The van der Waals surface area contributed by atoms with E-state index < -0.39 is 5.97 Å². The maximum absolute atomic E-state index is 11.8. The molecule has 0 amide bonds. The molecular weight excluding hydrogens is 312 g/mol. The number of aromatic hydroxyl groups is 1.